The molecule has 11 heteroatoms. The molecule has 10 nitrogen and oxygen atoms in total. The first-order valence-corrected chi connectivity index (χ1v) is 13.9. The molecule has 208 valence electrons. The van der Waals surface area contributed by atoms with Crippen LogP contribution in [0.15, 0.2) is 42.9 Å². The maximum absolute atomic E-state index is 12.7. The van der Waals surface area contributed by atoms with E-state index in [0.717, 1.165) is 36.9 Å². The van der Waals surface area contributed by atoms with Crippen molar-refractivity contribution >= 4 is 28.7 Å². The van der Waals surface area contributed by atoms with Gasteiger partial charge in [-0.05, 0) is 75.4 Å². The van der Waals surface area contributed by atoms with Crippen LogP contribution in [0.2, 0.25) is 5.02 Å². The minimum Gasteiger partial charge on any atom is -0.484 e. The number of aliphatic hydroxyl groups excluding tert-OH is 1. The van der Waals surface area contributed by atoms with E-state index >= 15 is 0 Å². The quantitative estimate of drug-likeness (QED) is 0.323. The molecule has 2 aliphatic rings. The summed E-state index contributed by atoms with van der Waals surface area (Å²) < 4.78 is 14.0. The highest BCUT2D eigenvalue weighted by atomic mass is 35.5. The highest BCUT2D eigenvalue weighted by molar-refractivity contribution is 6.33. The zero-order valence-electron chi connectivity index (χ0n) is 22.5. The van der Waals surface area contributed by atoms with E-state index in [9.17, 15) is 9.90 Å². The summed E-state index contributed by atoms with van der Waals surface area (Å²) in [5.41, 5.74) is 3.58. The molecular formula is C29H31ClN6O4. The van der Waals surface area contributed by atoms with E-state index in [4.69, 9.17) is 26.1 Å². The van der Waals surface area contributed by atoms with Gasteiger partial charge in [-0.1, -0.05) is 11.6 Å². The van der Waals surface area contributed by atoms with Crippen molar-refractivity contribution in [3.05, 3.63) is 59.1 Å². The summed E-state index contributed by atoms with van der Waals surface area (Å²) in [5.74, 6) is 1.36. The number of rotatable bonds is 9. The number of carbonyl (C=O) groups excluding carboxylic acids is 1. The third-order valence-electron chi connectivity index (χ3n) is 7.54. The molecule has 1 aliphatic carbocycles. The molecule has 3 aromatic heterocycles. The second-order valence-corrected chi connectivity index (χ2v) is 11.2. The number of halogens is 1. The van der Waals surface area contributed by atoms with Gasteiger partial charge in [-0.2, -0.15) is 4.98 Å². The lowest BCUT2D eigenvalue weighted by atomic mass is 10.2. The smallest absolute Gasteiger partial charge is 0.260 e. The summed E-state index contributed by atoms with van der Waals surface area (Å²) in [6.07, 6.45) is 6.89. The van der Waals surface area contributed by atoms with E-state index in [2.05, 4.69) is 21.9 Å². The van der Waals surface area contributed by atoms with Crippen molar-refractivity contribution in [1.82, 2.24) is 29.4 Å². The highest BCUT2D eigenvalue weighted by Crippen LogP contribution is 2.41. The number of nitrogens with zero attached hydrogens (tertiary/aromatic N) is 6. The predicted molar refractivity (Wildman–Crippen MR) is 149 cm³/mol. The number of aromatic nitrogens is 5. The van der Waals surface area contributed by atoms with Gasteiger partial charge in [-0.15, -0.1) is 0 Å². The molecule has 1 atom stereocenters. The van der Waals surface area contributed by atoms with Crippen LogP contribution in [0.4, 0.5) is 0 Å². The Morgan fingerprint density at radius 1 is 1.20 bits per heavy atom. The Morgan fingerprint density at radius 3 is 2.80 bits per heavy atom. The average molecular weight is 563 g/mol. The van der Waals surface area contributed by atoms with Crippen LogP contribution in [-0.4, -0.2) is 71.8 Å². The lowest BCUT2D eigenvalue weighted by Crippen LogP contribution is -2.40. The third kappa shape index (κ3) is 5.33. The van der Waals surface area contributed by atoms with Gasteiger partial charge >= 0.3 is 0 Å². The van der Waals surface area contributed by atoms with E-state index < -0.39 is 0 Å². The van der Waals surface area contributed by atoms with Crippen LogP contribution in [0.5, 0.6) is 11.6 Å². The standard InChI is InChI=1S/C29H31ClN6O4/c1-18-7-10-31-19(12-18)14-36-26(34-25-27(36)32-17-33-28(25)40-29(2)8-9-29)22-6-5-21(13-23(22)30)39-16-24(38)35-11-3-4-20(35)15-37/h5-7,10,12-13,17,20,37H,3-4,8-9,11,14-16H2,1-2H3/t20-/m0/s1. The van der Waals surface area contributed by atoms with Crippen LogP contribution in [0.25, 0.3) is 22.6 Å². The Balaban J connectivity index is 1.32. The molecule has 0 unspecified atom stereocenters. The zero-order valence-corrected chi connectivity index (χ0v) is 23.3. The van der Waals surface area contributed by atoms with Crippen molar-refractivity contribution in [2.24, 2.45) is 0 Å². The number of amides is 1. The molecule has 2 fully saturated rings. The van der Waals surface area contributed by atoms with Crippen molar-refractivity contribution in [2.45, 2.75) is 57.7 Å². The molecule has 1 aliphatic heterocycles. The van der Waals surface area contributed by atoms with Gasteiger partial charge in [-0.25, -0.2) is 9.97 Å². The largest absolute Gasteiger partial charge is 0.484 e. The monoisotopic (exact) mass is 562 g/mol. The van der Waals surface area contributed by atoms with Gasteiger partial charge in [0.05, 0.1) is 29.9 Å². The van der Waals surface area contributed by atoms with Gasteiger partial charge < -0.3 is 24.0 Å². The Morgan fingerprint density at radius 2 is 2.05 bits per heavy atom. The predicted octanol–water partition coefficient (Wildman–Crippen LogP) is 4.19. The number of imidazole rings is 1. The Hall–Kier alpha value is -3.76. The molecule has 0 spiro atoms. The number of carbonyl (C=O) groups is 1. The number of fused-ring (bicyclic) bond motifs is 1. The minimum absolute atomic E-state index is 0.0400. The second kappa shape index (κ2) is 10.7. The van der Waals surface area contributed by atoms with Gasteiger partial charge in [0, 0.05) is 18.3 Å². The lowest BCUT2D eigenvalue weighted by molar-refractivity contribution is -0.134. The van der Waals surface area contributed by atoms with Crippen LogP contribution < -0.4 is 9.47 Å². The van der Waals surface area contributed by atoms with Crippen molar-refractivity contribution < 1.29 is 19.4 Å². The number of hydrogen-bond donors (Lipinski definition) is 1. The van der Waals surface area contributed by atoms with E-state index in [1.807, 2.05) is 29.7 Å². The molecule has 1 saturated carbocycles. The van der Waals surface area contributed by atoms with Crippen LogP contribution in [-0.2, 0) is 11.3 Å². The van der Waals surface area contributed by atoms with Crippen LogP contribution in [0, 0.1) is 6.92 Å². The summed E-state index contributed by atoms with van der Waals surface area (Å²) in [7, 11) is 0. The van der Waals surface area contributed by atoms with Gasteiger partial charge in [0.1, 0.15) is 23.5 Å². The van der Waals surface area contributed by atoms with Crippen molar-refractivity contribution in [3.63, 3.8) is 0 Å². The van der Waals surface area contributed by atoms with Crippen LogP contribution >= 0.6 is 11.6 Å². The molecule has 4 heterocycles. The van der Waals surface area contributed by atoms with Gasteiger partial charge in [-0.3, -0.25) is 9.78 Å². The molecule has 1 aromatic carbocycles. The van der Waals surface area contributed by atoms with Crippen LogP contribution in [0.1, 0.15) is 43.9 Å². The second-order valence-electron chi connectivity index (χ2n) is 10.7. The molecular weight excluding hydrogens is 532 g/mol. The number of aliphatic hydroxyl groups is 1. The molecule has 6 rings (SSSR count). The lowest BCUT2D eigenvalue weighted by Gasteiger charge is -2.23. The number of ether oxygens (including phenoxy) is 2. The molecule has 0 radical (unpaired) electrons. The fourth-order valence-electron chi connectivity index (χ4n) is 5.05. The molecule has 4 aromatic rings. The molecule has 0 bridgehead atoms. The van der Waals surface area contributed by atoms with E-state index in [0.29, 0.717) is 52.3 Å². The van der Waals surface area contributed by atoms with E-state index in [1.165, 1.54) is 6.33 Å². The van der Waals surface area contributed by atoms with E-state index in [1.54, 1.807) is 23.2 Å². The molecule has 1 saturated heterocycles. The van der Waals surface area contributed by atoms with Crippen molar-refractivity contribution in [3.8, 4) is 23.0 Å². The summed E-state index contributed by atoms with van der Waals surface area (Å²) in [5, 5.41) is 9.94. The number of benzene rings is 1. The first-order chi connectivity index (χ1) is 19.3. The third-order valence-corrected chi connectivity index (χ3v) is 7.85. The SMILES string of the molecule is Cc1ccnc(Cn2c(-c3ccc(OCC(=O)N4CCC[C@H]4CO)cc3Cl)nc3c(OC4(C)CC4)ncnc32)c1. The first kappa shape index (κ1) is 26.5. The van der Waals surface area contributed by atoms with Crippen molar-refractivity contribution in [2.75, 3.05) is 19.8 Å². The molecule has 40 heavy (non-hydrogen) atoms. The zero-order chi connectivity index (χ0) is 27.9. The van der Waals surface area contributed by atoms with Gasteiger partial charge in [0.2, 0.25) is 5.88 Å². The first-order valence-electron chi connectivity index (χ1n) is 13.5. The van der Waals surface area contributed by atoms with Gasteiger partial charge in [0.15, 0.2) is 17.8 Å². The Bertz CT molecular complexity index is 1570. The van der Waals surface area contributed by atoms with E-state index in [-0.39, 0.29) is 30.8 Å². The fourth-order valence-corrected chi connectivity index (χ4v) is 5.31. The maximum Gasteiger partial charge on any atom is 0.260 e. The summed E-state index contributed by atoms with van der Waals surface area (Å²) in [6, 6.07) is 9.11. The highest BCUT2D eigenvalue weighted by Gasteiger charge is 2.41. The topological polar surface area (TPSA) is 115 Å². The number of pyridine rings is 1. The minimum atomic E-state index is -0.232. The summed E-state index contributed by atoms with van der Waals surface area (Å²) >= 11 is 6.79. The summed E-state index contributed by atoms with van der Waals surface area (Å²) in [4.78, 5) is 32.7. The Labute approximate surface area is 237 Å². The number of hydrogen-bond acceptors (Lipinski definition) is 8. The fraction of sp³-hybridized carbons (Fsp3) is 0.414. The maximum atomic E-state index is 12.7. The van der Waals surface area contributed by atoms with Gasteiger partial charge in [0.25, 0.3) is 5.91 Å². The van der Waals surface area contributed by atoms with Crippen molar-refractivity contribution in [1.29, 1.82) is 0 Å². The summed E-state index contributed by atoms with van der Waals surface area (Å²) in [6.45, 7) is 4.97. The molecule has 1 N–H and O–H groups in total. The Kier molecular flexibility index (Phi) is 7.06. The number of likely N-dealkylation sites (tertiary alicyclic amines) is 1. The number of aryl methyl sites for hydroxylation is 1. The normalized spacial score (nSPS) is 17.8. The molecule has 1 amide bonds. The average Bonchev–Trinajstić information content (AvgIpc) is 3.32. The van der Waals surface area contributed by atoms with Crippen LogP contribution in [0.3, 0.4) is 0 Å².